The molecule has 0 spiro atoms. The van der Waals surface area contributed by atoms with Crippen molar-refractivity contribution in [3.05, 3.63) is 12.1 Å². The highest BCUT2D eigenvalue weighted by Gasteiger charge is 2.11. The number of nitrogens with one attached hydrogen (secondary N) is 3. The van der Waals surface area contributed by atoms with Crippen LogP contribution in [0.25, 0.3) is 0 Å². The van der Waals surface area contributed by atoms with Crippen LogP contribution in [0.4, 0.5) is 16.2 Å². The van der Waals surface area contributed by atoms with Crippen molar-refractivity contribution in [2.45, 2.75) is 19.9 Å². The van der Waals surface area contributed by atoms with Crippen molar-refractivity contribution in [3.8, 4) is 11.5 Å². The third-order valence-corrected chi connectivity index (χ3v) is 2.26. The van der Waals surface area contributed by atoms with Crippen molar-refractivity contribution < 1.29 is 14.6 Å². The molecule has 0 aliphatic carbocycles. The van der Waals surface area contributed by atoms with E-state index in [2.05, 4.69) is 16.0 Å². The molecule has 100 valence electrons. The van der Waals surface area contributed by atoms with Crippen LogP contribution in [-0.4, -0.2) is 31.3 Å². The number of amides is 2. The van der Waals surface area contributed by atoms with Crippen LogP contribution in [0, 0.1) is 0 Å². The van der Waals surface area contributed by atoms with E-state index in [1.807, 2.05) is 13.8 Å². The van der Waals surface area contributed by atoms with Gasteiger partial charge in [0.15, 0.2) is 0 Å². The molecule has 0 saturated heterocycles. The molecule has 2 amide bonds. The summed E-state index contributed by atoms with van der Waals surface area (Å²) in [5.41, 5.74) is 0.939. The zero-order valence-corrected chi connectivity index (χ0v) is 11.0. The lowest BCUT2D eigenvalue weighted by molar-refractivity contribution is 0.250. The summed E-state index contributed by atoms with van der Waals surface area (Å²) in [6.07, 6.45) is 0. The number of carbonyl (C=O) groups excluding carboxylic acids is 1. The molecule has 4 N–H and O–H groups in total. The van der Waals surface area contributed by atoms with Crippen LogP contribution in [0.5, 0.6) is 11.5 Å². The lowest BCUT2D eigenvalue weighted by Crippen LogP contribution is -2.34. The zero-order valence-electron chi connectivity index (χ0n) is 11.0. The third-order valence-electron chi connectivity index (χ3n) is 2.26. The van der Waals surface area contributed by atoms with Crippen LogP contribution in [0.1, 0.15) is 13.8 Å². The molecule has 0 aliphatic heterocycles. The molecule has 6 heteroatoms. The number of aromatic hydroxyl groups is 1. The lowest BCUT2D eigenvalue weighted by Gasteiger charge is -2.14. The number of benzene rings is 1. The number of hydrogen-bond donors (Lipinski definition) is 4. The van der Waals surface area contributed by atoms with Gasteiger partial charge in [-0.05, 0) is 13.8 Å². The average molecular weight is 253 g/mol. The zero-order chi connectivity index (χ0) is 13.7. The molecule has 1 aromatic carbocycles. The first-order valence-corrected chi connectivity index (χ1v) is 5.64. The Hall–Kier alpha value is -2.11. The highest BCUT2D eigenvalue weighted by Crippen LogP contribution is 2.35. The molecular formula is C12H19N3O3. The summed E-state index contributed by atoms with van der Waals surface area (Å²) in [5.74, 6) is 0.509. The average Bonchev–Trinajstić information content (AvgIpc) is 2.30. The second-order valence-corrected chi connectivity index (χ2v) is 4.07. The quantitative estimate of drug-likeness (QED) is 0.618. The molecule has 6 nitrogen and oxygen atoms in total. The minimum Gasteiger partial charge on any atom is -0.506 e. The van der Waals surface area contributed by atoms with Crippen LogP contribution in [0.2, 0.25) is 0 Å². The van der Waals surface area contributed by atoms with E-state index in [9.17, 15) is 9.90 Å². The van der Waals surface area contributed by atoms with Crippen molar-refractivity contribution in [2.24, 2.45) is 0 Å². The molecule has 0 bridgehead atoms. The summed E-state index contributed by atoms with van der Waals surface area (Å²) in [7, 11) is 3.24. The van der Waals surface area contributed by atoms with Crippen LogP contribution in [-0.2, 0) is 0 Å². The van der Waals surface area contributed by atoms with Crippen LogP contribution in [0.15, 0.2) is 12.1 Å². The Morgan fingerprint density at radius 1 is 1.33 bits per heavy atom. The second-order valence-electron chi connectivity index (χ2n) is 4.07. The van der Waals surface area contributed by atoms with Crippen molar-refractivity contribution in [1.29, 1.82) is 0 Å². The van der Waals surface area contributed by atoms with Gasteiger partial charge in [-0.25, -0.2) is 4.79 Å². The van der Waals surface area contributed by atoms with E-state index in [0.29, 0.717) is 17.1 Å². The molecule has 18 heavy (non-hydrogen) atoms. The summed E-state index contributed by atoms with van der Waals surface area (Å²) in [5, 5.41) is 17.9. The van der Waals surface area contributed by atoms with Crippen molar-refractivity contribution in [1.82, 2.24) is 5.32 Å². The fourth-order valence-corrected chi connectivity index (χ4v) is 1.45. The largest absolute Gasteiger partial charge is 0.506 e. The Balaban J connectivity index is 2.92. The van der Waals surface area contributed by atoms with Gasteiger partial charge in [0.1, 0.15) is 11.5 Å². The molecule has 0 aliphatic rings. The number of methoxy groups -OCH3 is 1. The van der Waals surface area contributed by atoms with Crippen LogP contribution in [0.3, 0.4) is 0 Å². The van der Waals surface area contributed by atoms with E-state index in [1.165, 1.54) is 13.2 Å². The van der Waals surface area contributed by atoms with E-state index in [1.54, 1.807) is 13.1 Å². The van der Waals surface area contributed by atoms with E-state index in [0.717, 1.165) is 0 Å². The summed E-state index contributed by atoms with van der Waals surface area (Å²) in [6, 6.07) is 2.69. The Labute approximate surface area is 106 Å². The van der Waals surface area contributed by atoms with Gasteiger partial charge in [0, 0.05) is 25.2 Å². The van der Waals surface area contributed by atoms with Gasteiger partial charge in [0.25, 0.3) is 0 Å². The maximum atomic E-state index is 11.5. The minimum atomic E-state index is -0.375. The summed E-state index contributed by atoms with van der Waals surface area (Å²) >= 11 is 0. The van der Waals surface area contributed by atoms with Gasteiger partial charge in [-0.3, -0.25) is 0 Å². The first kappa shape index (κ1) is 14.0. The fourth-order valence-electron chi connectivity index (χ4n) is 1.45. The summed E-state index contributed by atoms with van der Waals surface area (Å²) in [6.45, 7) is 3.70. The van der Waals surface area contributed by atoms with E-state index < -0.39 is 0 Å². The smallest absolute Gasteiger partial charge is 0.319 e. The molecule has 0 aromatic heterocycles. The highest BCUT2D eigenvalue weighted by atomic mass is 16.5. The van der Waals surface area contributed by atoms with Gasteiger partial charge in [0.2, 0.25) is 0 Å². The molecule has 0 radical (unpaired) electrons. The standard InChI is InChI=1S/C12H19N3O3/c1-7(2)14-12(17)15-8-6-11(18-4)9(13-3)5-10(8)16/h5-7,13,16H,1-4H3,(H2,14,15,17). The number of urea groups is 1. The maximum Gasteiger partial charge on any atom is 0.319 e. The van der Waals surface area contributed by atoms with Gasteiger partial charge in [0.05, 0.1) is 18.5 Å². The monoisotopic (exact) mass is 253 g/mol. The molecule has 0 atom stereocenters. The number of anilines is 2. The molecular weight excluding hydrogens is 234 g/mol. The number of phenols is 1. The van der Waals surface area contributed by atoms with Gasteiger partial charge >= 0.3 is 6.03 Å². The number of phenolic OH excluding ortho intramolecular Hbond substituents is 1. The number of carbonyl (C=O) groups is 1. The van der Waals surface area contributed by atoms with Crippen molar-refractivity contribution in [3.63, 3.8) is 0 Å². The van der Waals surface area contributed by atoms with Crippen LogP contribution < -0.4 is 20.7 Å². The topological polar surface area (TPSA) is 82.6 Å². The van der Waals surface area contributed by atoms with Gasteiger partial charge in [-0.15, -0.1) is 0 Å². The van der Waals surface area contributed by atoms with Crippen molar-refractivity contribution >= 4 is 17.4 Å². The van der Waals surface area contributed by atoms with E-state index >= 15 is 0 Å². The minimum absolute atomic E-state index is 0.0191. The molecule has 0 fully saturated rings. The molecule has 1 rings (SSSR count). The third kappa shape index (κ3) is 3.44. The molecule has 0 unspecified atom stereocenters. The Morgan fingerprint density at radius 3 is 2.50 bits per heavy atom. The normalized spacial score (nSPS) is 10.1. The predicted octanol–water partition coefficient (Wildman–Crippen LogP) is 1.97. The number of hydrogen-bond acceptors (Lipinski definition) is 4. The first-order valence-electron chi connectivity index (χ1n) is 5.64. The Bertz CT molecular complexity index is 433. The van der Waals surface area contributed by atoms with Crippen LogP contribution >= 0.6 is 0 Å². The highest BCUT2D eigenvalue weighted by molar-refractivity contribution is 5.92. The molecule has 0 saturated carbocycles. The lowest BCUT2D eigenvalue weighted by atomic mass is 10.2. The van der Waals surface area contributed by atoms with Gasteiger partial charge < -0.3 is 25.8 Å². The summed E-state index contributed by atoms with van der Waals surface area (Å²) < 4.78 is 5.15. The van der Waals surface area contributed by atoms with E-state index in [4.69, 9.17) is 4.74 Å². The van der Waals surface area contributed by atoms with E-state index in [-0.39, 0.29) is 17.8 Å². The Morgan fingerprint density at radius 2 is 2.00 bits per heavy atom. The molecule has 1 aromatic rings. The van der Waals surface area contributed by atoms with Gasteiger partial charge in [-0.2, -0.15) is 0 Å². The summed E-state index contributed by atoms with van der Waals surface area (Å²) in [4.78, 5) is 11.5. The number of rotatable bonds is 4. The second kappa shape index (κ2) is 6.00. The number of ether oxygens (including phenoxy) is 1. The SMILES string of the molecule is CNc1cc(O)c(NC(=O)NC(C)C)cc1OC. The fraction of sp³-hybridized carbons (Fsp3) is 0.417. The molecule has 0 heterocycles. The van der Waals surface area contributed by atoms with Crippen molar-refractivity contribution in [2.75, 3.05) is 24.8 Å². The van der Waals surface area contributed by atoms with Gasteiger partial charge in [-0.1, -0.05) is 0 Å². The Kier molecular flexibility index (Phi) is 4.65. The first-order chi connectivity index (χ1) is 8.47. The predicted molar refractivity (Wildman–Crippen MR) is 71.5 cm³/mol. The maximum absolute atomic E-state index is 11.5.